The zero-order valence-corrected chi connectivity index (χ0v) is 13.3. The maximum absolute atomic E-state index is 12.2. The molecular weight excluding hydrogens is 296 g/mol. The van der Waals surface area contributed by atoms with Crippen molar-refractivity contribution in [3.63, 3.8) is 0 Å². The molecule has 1 aliphatic carbocycles. The van der Waals surface area contributed by atoms with E-state index in [1.165, 1.54) is 0 Å². The summed E-state index contributed by atoms with van der Waals surface area (Å²) in [6, 6.07) is 0.171. The number of ether oxygens (including phenoxy) is 1. The lowest BCUT2D eigenvalue weighted by atomic mass is 9.92. The van der Waals surface area contributed by atoms with E-state index < -0.39 is 0 Å². The molecule has 2 amide bonds. The third-order valence-corrected chi connectivity index (χ3v) is 4.56. The van der Waals surface area contributed by atoms with E-state index in [9.17, 15) is 9.59 Å². The van der Waals surface area contributed by atoms with Crippen LogP contribution in [0.15, 0.2) is 18.6 Å². The van der Waals surface area contributed by atoms with Gasteiger partial charge in [-0.25, -0.2) is 4.98 Å². The Kier molecular flexibility index (Phi) is 4.73. The summed E-state index contributed by atoms with van der Waals surface area (Å²) in [6.07, 6.45) is 8.82. The van der Waals surface area contributed by atoms with Crippen LogP contribution in [0.1, 0.15) is 32.1 Å². The molecule has 1 aromatic rings. The van der Waals surface area contributed by atoms with Gasteiger partial charge in [0.15, 0.2) is 0 Å². The first kappa shape index (κ1) is 15.7. The molecule has 0 radical (unpaired) electrons. The Morgan fingerprint density at radius 1 is 1.30 bits per heavy atom. The van der Waals surface area contributed by atoms with E-state index in [4.69, 9.17) is 4.74 Å². The van der Waals surface area contributed by atoms with Crippen LogP contribution in [0, 0.1) is 5.92 Å². The molecule has 1 saturated carbocycles. The summed E-state index contributed by atoms with van der Waals surface area (Å²) in [5.41, 5.74) is 0. The van der Waals surface area contributed by atoms with E-state index in [1.807, 2.05) is 0 Å². The molecule has 23 heavy (non-hydrogen) atoms. The van der Waals surface area contributed by atoms with Crippen LogP contribution in [0.2, 0.25) is 0 Å². The summed E-state index contributed by atoms with van der Waals surface area (Å²) in [4.78, 5) is 33.5. The van der Waals surface area contributed by atoms with Crippen molar-refractivity contribution in [2.45, 2.75) is 44.2 Å². The van der Waals surface area contributed by atoms with Gasteiger partial charge >= 0.3 is 0 Å². The number of carbonyl (C=O) groups excluding carboxylic acids is 2. The molecule has 2 heterocycles. The van der Waals surface area contributed by atoms with E-state index in [1.54, 1.807) is 30.5 Å². The largest absolute Gasteiger partial charge is 0.473 e. The second kappa shape index (κ2) is 6.93. The molecule has 0 spiro atoms. The van der Waals surface area contributed by atoms with Crippen LogP contribution in [0.5, 0.6) is 5.88 Å². The first-order valence-corrected chi connectivity index (χ1v) is 8.09. The molecule has 2 fully saturated rings. The predicted octanol–water partition coefficient (Wildman–Crippen LogP) is 0.761. The Hall–Kier alpha value is -2.18. The molecule has 2 aliphatic rings. The number of hydrogen-bond acceptors (Lipinski definition) is 5. The van der Waals surface area contributed by atoms with Crippen molar-refractivity contribution >= 4 is 11.8 Å². The number of hydrogen-bond donors (Lipinski definition) is 1. The van der Waals surface area contributed by atoms with E-state index in [0.717, 1.165) is 25.7 Å². The highest BCUT2D eigenvalue weighted by molar-refractivity contribution is 5.89. The number of nitrogens with one attached hydrogen (secondary N) is 1. The molecule has 1 aliphatic heterocycles. The Balaban J connectivity index is 1.42. The van der Waals surface area contributed by atoms with Crippen LogP contribution >= 0.6 is 0 Å². The van der Waals surface area contributed by atoms with E-state index in [-0.39, 0.29) is 29.9 Å². The van der Waals surface area contributed by atoms with Gasteiger partial charge in [0.2, 0.25) is 17.7 Å². The number of nitrogens with zero attached hydrogens (tertiary/aromatic N) is 3. The van der Waals surface area contributed by atoms with Crippen molar-refractivity contribution in [2.24, 2.45) is 5.92 Å². The molecule has 0 bridgehead atoms. The molecule has 0 aromatic carbocycles. The number of rotatable bonds is 4. The van der Waals surface area contributed by atoms with Gasteiger partial charge < -0.3 is 15.0 Å². The summed E-state index contributed by atoms with van der Waals surface area (Å²) in [5, 5.41) is 3.08. The van der Waals surface area contributed by atoms with Gasteiger partial charge in [0.25, 0.3) is 0 Å². The lowest BCUT2D eigenvalue weighted by Gasteiger charge is -2.29. The fourth-order valence-electron chi connectivity index (χ4n) is 3.20. The predicted molar refractivity (Wildman–Crippen MR) is 82.6 cm³/mol. The minimum atomic E-state index is -0.207. The van der Waals surface area contributed by atoms with Gasteiger partial charge in [-0.1, -0.05) is 0 Å². The lowest BCUT2D eigenvalue weighted by Crippen LogP contribution is -2.42. The van der Waals surface area contributed by atoms with Crippen LogP contribution in [0.3, 0.4) is 0 Å². The molecule has 1 N–H and O–H groups in total. The van der Waals surface area contributed by atoms with Crippen molar-refractivity contribution in [1.29, 1.82) is 0 Å². The quantitative estimate of drug-likeness (QED) is 0.886. The van der Waals surface area contributed by atoms with Crippen molar-refractivity contribution in [2.75, 3.05) is 13.6 Å². The molecule has 1 aromatic heterocycles. The van der Waals surface area contributed by atoms with Gasteiger partial charge in [0, 0.05) is 38.4 Å². The Morgan fingerprint density at radius 3 is 2.70 bits per heavy atom. The number of aromatic nitrogens is 2. The number of likely N-dealkylation sites (tertiary alicyclic amines) is 1. The molecule has 1 saturated heterocycles. The minimum Gasteiger partial charge on any atom is -0.473 e. The number of amides is 2. The van der Waals surface area contributed by atoms with Gasteiger partial charge in [0.1, 0.15) is 6.10 Å². The SMILES string of the molecule is CN1C[C@H](C(=O)NC2CCC(Oc3cnccn3)CC2)CC1=O. The van der Waals surface area contributed by atoms with Crippen LogP contribution < -0.4 is 10.1 Å². The lowest BCUT2D eigenvalue weighted by molar-refractivity contribution is -0.128. The van der Waals surface area contributed by atoms with E-state index >= 15 is 0 Å². The molecule has 7 nitrogen and oxygen atoms in total. The van der Waals surface area contributed by atoms with Crippen LogP contribution in [-0.4, -0.2) is 52.4 Å². The highest BCUT2D eigenvalue weighted by Gasteiger charge is 2.33. The third kappa shape index (κ3) is 3.97. The fraction of sp³-hybridized carbons (Fsp3) is 0.625. The Bertz CT molecular complexity index is 558. The smallest absolute Gasteiger partial charge is 0.232 e. The standard InChI is InChI=1S/C16H22N4O3/c1-20-10-11(8-15(20)21)16(22)19-12-2-4-13(5-3-12)23-14-9-17-6-7-18-14/h6-7,9,11-13H,2-5,8,10H2,1H3,(H,19,22)/t11-,12?,13?/m1/s1. The highest BCUT2D eigenvalue weighted by atomic mass is 16.5. The van der Waals surface area contributed by atoms with Crippen molar-refractivity contribution in [1.82, 2.24) is 20.2 Å². The average molecular weight is 318 g/mol. The molecule has 3 rings (SSSR count). The van der Waals surface area contributed by atoms with E-state index in [0.29, 0.717) is 18.8 Å². The summed E-state index contributed by atoms with van der Waals surface area (Å²) < 4.78 is 5.80. The highest BCUT2D eigenvalue weighted by Crippen LogP contribution is 2.23. The van der Waals surface area contributed by atoms with Gasteiger partial charge in [-0.2, -0.15) is 0 Å². The van der Waals surface area contributed by atoms with Crippen LogP contribution in [0.4, 0.5) is 0 Å². The molecular formula is C16H22N4O3. The maximum Gasteiger partial charge on any atom is 0.232 e. The first-order valence-electron chi connectivity index (χ1n) is 8.09. The summed E-state index contributed by atoms with van der Waals surface area (Å²) in [5.74, 6) is 0.390. The minimum absolute atomic E-state index is 0.000921. The normalized spacial score (nSPS) is 27.8. The van der Waals surface area contributed by atoms with Gasteiger partial charge in [0.05, 0.1) is 12.1 Å². The average Bonchev–Trinajstić information content (AvgIpc) is 2.90. The molecule has 124 valence electrons. The second-order valence-corrected chi connectivity index (χ2v) is 6.32. The first-order chi connectivity index (χ1) is 11.1. The number of carbonyl (C=O) groups is 2. The fourth-order valence-corrected chi connectivity index (χ4v) is 3.20. The second-order valence-electron chi connectivity index (χ2n) is 6.32. The summed E-state index contributed by atoms with van der Waals surface area (Å²) in [7, 11) is 1.74. The van der Waals surface area contributed by atoms with E-state index in [2.05, 4.69) is 15.3 Å². The van der Waals surface area contributed by atoms with Crippen molar-refractivity contribution in [3.8, 4) is 5.88 Å². The van der Waals surface area contributed by atoms with Gasteiger partial charge in [-0.3, -0.25) is 14.6 Å². The maximum atomic E-state index is 12.2. The zero-order chi connectivity index (χ0) is 16.2. The summed E-state index contributed by atoms with van der Waals surface area (Å²) in [6.45, 7) is 0.524. The summed E-state index contributed by atoms with van der Waals surface area (Å²) >= 11 is 0. The molecule has 7 heteroatoms. The topological polar surface area (TPSA) is 84.4 Å². The van der Waals surface area contributed by atoms with Crippen molar-refractivity contribution < 1.29 is 14.3 Å². The Labute approximate surface area is 135 Å². The molecule has 0 unspecified atom stereocenters. The van der Waals surface area contributed by atoms with Gasteiger partial charge in [-0.15, -0.1) is 0 Å². The van der Waals surface area contributed by atoms with Crippen molar-refractivity contribution in [3.05, 3.63) is 18.6 Å². The third-order valence-electron chi connectivity index (χ3n) is 4.56. The molecule has 1 atom stereocenters. The van der Waals surface area contributed by atoms with Crippen LogP contribution in [-0.2, 0) is 9.59 Å². The van der Waals surface area contributed by atoms with Gasteiger partial charge in [-0.05, 0) is 25.7 Å². The monoisotopic (exact) mass is 318 g/mol. The Morgan fingerprint density at radius 2 is 2.09 bits per heavy atom. The van der Waals surface area contributed by atoms with Crippen LogP contribution in [0.25, 0.3) is 0 Å². The zero-order valence-electron chi connectivity index (χ0n) is 13.3.